The van der Waals surface area contributed by atoms with Gasteiger partial charge in [-0.15, -0.1) is 0 Å². The summed E-state index contributed by atoms with van der Waals surface area (Å²) < 4.78 is 1.96. The quantitative estimate of drug-likeness (QED) is 0.826. The van der Waals surface area contributed by atoms with Crippen LogP contribution in [0.25, 0.3) is 0 Å². The Balaban J connectivity index is 2.14. The van der Waals surface area contributed by atoms with E-state index in [1.165, 1.54) is 11.4 Å². The maximum Gasteiger partial charge on any atom is 0.217 e. The van der Waals surface area contributed by atoms with Gasteiger partial charge in [-0.1, -0.05) is 6.92 Å². The van der Waals surface area contributed by atoms with Crippen LogP contribution >= 0.6 is 0 Å². The average molecular weight is 279 g/mol. The molecule has 0 aromatic carbocycles. The number of carbonyl (C=O) groups excluding carboxylic acids is 1. The van der Waals surface area contributed by atoms with Gasteiger partial charge in [0.2, 0.25) is 5.91 Å². The summed E-state index contributed by atoms with van der Waals surface area (Å²) in [7, 11) is 1.99. The molecule has 2 heterocycles. The second-order valence-corrected chi connectivity index (χ2v) is 5.42. The summed E-state index contributed by atoms with van der Waals surface area (Å²) in [6.07, 6.45) is 0.991. The van der Waals surface area contributed by atoms with Gasteiger partial charge in [-0.2, -0.15) is 5.10 Å². The van der Waals surface area contributed by atoms with Crippen molar-refractivity contribution in [3.8, 4) is 0 Å². The largest absolute Gasteiger partial charge is 0.354 e. The van der Waals surface area contributed by atoms with Crippen LogP contribution in [0.3, 0.4) is 0 Å². The second-order valence-electron chi connectivity index (χ2n) is 5.42. The fraction of sp³-hybridized carbons (Fsp3) is 0.714. The van der Waals surface area contributed by atoms with E-state index in [-0.39, 0.29) is 11.9 Å². The zero-order chi connectivity index (χ0) is 14.7. The molecule has 1 aliphatic rings. The Morgan fingerprint density at radius 1 is 1.50 bits per heavy atom. The molecule has 2 N–H and O–H groups in total. The van der Waals surface area contributed by atoms with E-state index in [1.807, 2.05) is 11.7 Å². The van der Waals surface area contributed by atoms with E-state index in [0.717, 1.165) is 38.3 Å². The highest BCUT2D eigenvalue weighted by molar-refractivity contribution is 5.73. The number of aryl methyl sites for hydroxylation is 2. The van der Waals surface area contributed by atoms with Crippen LogP contribution in [0.4, 0.5) is 5.82 Å². The van der Waals surface area contributed by atoms with Crippen LogP contribution in [-0.4, -0.2) is 41.4 Å². The van der Waals surface area contributed by atoms with Crippen LogP contribution in [0.1, 0.15) is 31.5 Å². The Morgan fingerprint density at radius 2 is 2.25 bits per heavy atom. The monoisotopic (exact) mass is 279 g/mol. The Morgan fingerprint density at radius 3 is 2.90 bits per heavy atom. The molecule has 1 atom stereocenters. The zero-order valence-corrected chi connectivity index (χ0v) is 12.9. The van der Waals surface area contributed by atoms with Gasteiger partial charge in [-0.3, -0.25) is 9.48 Å². The number of amides is 1. The number of rotatable bonds is 5. The van der Waals surface area contributed by atoms with E-state index in [2.05, 4.69) is 34.5 Å². The van der Waals surface area contributed by atoms with E-state index in [9.17, 15) is 4.79 Å². The standard InChI is InChI=1S/C14H25N5O/c1-5-15-8-13-10(2)17-18(4)14(13)19-7-6-12(9-19)16-11(3)20/h12,15H,5-9H2,1-4H3,(H,16,20). The highest BCUT2D eigenvalue weighted by Crippen LogP contribution is 2.26. The Hall–Kier alpha value is -1.56. The Labute approximate surface area is 120 Å². The molecular formula is C14H25N5O. The summed E-state index contributed by atoms with van der Waals surface area (Å²) in [5.74, 6) is 1.22. The van der Waals surface area contributed by atoms with Crippen LogP contribution in [-0.2, 0) is 18.4 Å². The lowest BCUT2D eigenvalue weighted by molar-refractivity contribution is -0.119. The van der Waals surface area contributed by atoms with Gasteiger partial charge < -0.3 is 15.5 Å². The lowest BCUT2D eigenvalue weighted by Gasteiger charge is -2.21. The minimum Gasteiger partial charge on any atom is -0.354 e. The summed E-state index contributed by atoms with van der Waals surface area (Å²) in [6.45, 7) is 9.34. The summed E-state index contributed by atoms with van der Waals surface area (Å²) in [6, 6.07) is 0.245. The number of aromatic nitrogens is 2. The molecule has 1 fully saturated rings. The van der Waals surface area contributed by atoms with Gasteiger partial charge in [0.15, 0.2) is 0 Å². The molecule has 1 aromatic heterocycles. The third-order valence-corrected chi connectivity index (χ3v) is 3.76. The van der Waals surface area contributed by atoms with Crippen LogP contribution in [0.15, 0.2) is 0 Å². The summed E-state index contributed by atoms with van der Waals surface area (Å²) in [5, 5.41) is 10.9. The van der Waals surface area contributed by atoms with Crippen molar-refractivity contribution in [2.45, 2.75) is 39.8 Å². The van der Waals surface area contributed by atoms with E-state index in [1.54, 1.807) is 6.92 Å². The molecule has 20 heavy (non-hydrogen) atoms. The minimum absolute atomic E-state index is 0.0471. The number of nitrogens with one attached hydrogen (secondary N) is 2. The van der Waals surface area contributed by atoms with Gasteiger partial charge in [0, 0.05) is 45.2 Å². The number of anilines is 1. The lowest BCUT2D eigenvalue weighted by Crippen LogP contribution is -2.36. The molecule has 6 nitrogen and oxygen atoms in total. The van der Waals surface area contributed by atoms with Gasteiger partial charge in [-0.25, -0.2) is 0 Å². The van der Waals surface area contributed by atoms with E-state index in [4.69, 9.17) is 0 Å². The van der Waals surface area contributed by atoms with Crippen LogP contribution < -0.4 is 15.5 Å². The van der Waals surface area contributed by atoms with Gasteiger partial charge >= 0.3 is 0 Å². The van der Waals surface area contributed by atoms with Crippen molar-refractivity contribution in [1.82, 2.24) is 20.4 Å². The molecule has 0 saturated carbocycles. The van der Waals surface area contributed by atoms with E-state index >= 15 is 0 Å². The predicted octanol–water partition coefficient (Wildman–Crippen LogP) is 0.553. The number of nitrogens with zero attached hydrogens (tertiary/aromatic N) is 3. The average Bonchev–Trinajstić information content (AvgIpc) is 2.90. The molecule has 1 aliphatic heterocycles. The fourth-order valence-corrected chi connectivity index (χ4v) is 2.90. The van der Waals surface area contributed by atoms with Crippen molar-refractivity contribution in [3.05, 3.63) is 11.3 Å². The first-order chi connectivity index (χ1) is 9.52. The smallest absolute Gasteiger partial charge is 0.217 e. The highest BCUT2D eigenvalue weighted by atomic mass is 16.1. The molecule has 1 amide bonds. The van der Waals surface area contributed by atoms with Crippen LogP contribution in [0.5, 0.6) is 0 Å². The lowest BCUT2D eigenvalue weighted by atomic mass is 10.2. The number of hydrogen-bond acceptors (Lipinski definition) is 4. The topological polar surface area (TPSA) is 62.2 Å². The van der Waals surface area contributed by atoms with Crippen LogP contribution in [0, 0.1) is 6.92 Å². The third kappa shape index (κ3) is 3.12. The molecule has 0 spiro atoms. The maximum absolute atomic E-state index is 11.2. The first-order valence-corrected chi connectivity index (χ1v) is 7.28. The van der Waals surface area contributed by atoms with Crippen LogP contribution in [0.2, 0.25) is 0 Å². The Bertz CT molecular complexity index is 482. The predicted molar refractivity (Wildman–Crippen MR) is 79.8 cm³/mol. The molecular weight excluding hydrogens is 254 g/mol. The normalized spacial score (nSPS) is 18.6. The molecule has 0 radical (unpaired) electrons. The summed E-state index contributed by atoms with van der Waals surface area (Å²) in [4.78, 5) is 13.5. The molecule has 1 aromatic rings. The van der Waals surface area contributed by atoms with Gasteiger partial charge in [0.1, 0.15) is 5.82 Å². The van der Waals surface area contributed by atoms with Crippen molar-refractivity contribution in [2.75, 3.05) is 24.5 Å². The molecule has 6 heteroatoms. The van der Waals surface area contributed by atoms with E-state index < -0.39 is 0 Å². The zero-order valence-electron chi connectivity index (χ0n) is 12.9. The molecule has 2 rings (SSSR count). The van der Waals surface area contributed by atoms with Crippen molar-refractivity contribution < 1.29 is 4.79 Å². The van der Waals surface area contributed by atoms with Gasteiger partial charge in [0.25, 0.3) is 0 Å². The van der Waals surface area contributed by atoms with Crippen molar-refractivity contribution in [2.24, 2.45) is 7.05 Å². The highest BCUT2D eigenvalue weighted by Gasteiger charge is 2.27. The summed E-state index contributed by atoms with van der Waals surface area (Å²) in [5.41, 5.74) is 2.34. The molecule has 1 saturated heterocycles. The van der Waals surface area contributed by atoms with Crippen molar-refractivity contribution in [1.29, 1.82) is 0 Å². The first kappa shape index (κ1) is 14.8. The fourth-order valence-electron chi connectivity index (χ4n) is 2.90. The molecule has 1 unspecified atom stereocenters. The number of carbonyl (C=O) groups is 1. The summed E-state index contributed by atoms with van der Waals surface area (Å²) >= 11 is 0. The van der Waals surface area contributed by atoms with E-state index in [0.29, 0.717) is 0 Å². The first-order valence-electron chi connectivity index (χ1n) is 7.28. The molecule has 0 bridgehead atoms. The van der Waals surface area contributed by atoms with Crippen molar-refractivity contribution >= 4 is 11.7 Å². The maximum atomic E-state index is 11.2. The van der Waals surface area contributed by atoms with Gasteiger partial charge in [-0.05, 0) is 19.9 Å². The minimum atomic E-state index is 0.0471. The molecule has 0 aliphatic carbocycles. The SMILES string of the molecule is CCNCc1c(C)nn(C)c1N1CCC(NC(C)=O)C1. The van der Waals surface area contributed by atoms with Crippen molar-refractivity contribution in [3.63, 3.8) is 0 Å². The Kier molecular flexibility index (Phi) is 4.65. The van der Waals surface area contributed by atoms with Gasteiger partial charge in [0.05, 0.1) is 5.69 Å². The third-order valence-electron chi connectivity index (χ3n) is 3.76. The second kappa shape index (κ2) is 6.26. The number of hydrogen-bond donors (Lipinski definition) is 2. The molecule has 112 valence electrons.